The molecule has 1 fully saturated rings. The standard InChI is InChI=1S/C13H11BrClN3/c14-10-3-4-11(16-7-10)13-17-6-9(5-15)12(18-13)8-1-2-8/h3-4,6-8H,1-2,5H2. The largest absolute Gasteiger partial charge is 0.252 e. The van der Waals surface area contributed by atoms with E-state index in [-0.39, 0.29) is 0 Å². The maximum Gasteiger partial charge on any atom is 0.178 e. The van der Waals surface area contributed by atoms with Gasteiger partial charge >= 0.3 is 0 Å². The van der Waals surface area contributed by atoms with Gasteiger partial charge in [-0.15, -0.1) is 11.6 Å². The molecule has 3 nitrogen and oxygen atoms in total. The van der Waals surface area contributed by atoms with Crippen molar-refractivity contribution in [2.45, 2.75) is 24.6 Å². The lowest BCUT2D eigenvalue weighted by Crippen LogP contribution is -2.00. The monoisotopic (exact) mass is 323 g/mol. The van der Waals surface area contributed by atoms with Crippen LogP contribution in [0.1, 0.15) is 30.0 Å². The molecule has 3 rings (SSSR count). The first-order valence-electron chi connectivity index (χ1n) is 5.81. The highest BCUT2D eigenvalue weighted by Gasteiger charge is 2.28. The molecule has 92 valence electrons. The molecule has 0 bridgehead atoms. The molecular formula is C13H11BrClN3. The first-order valence-corrected chi connectivity index (χ1v) is 7.14. The van der Waals surface area contributed by atoms with Crippen molar-refractivity contribution >= 4 is 27.5 Å². The van der Waals surface area contributed by atoms with Crippen LogP contribution in [0.2, 0.25) is 0 Å². The lowest BCUT2D eigenvalue weighted by atomic mass is 10.2. The topological polar surface area (TPSA) is 38.7 Å². The van der Waals surface area contributed by atoms with Crippen molar-refractivity contribution < 1.29 is 0 Å². The molecular weight excluding hydrogens is 314 g/mol. The van der Waals surface area contributed by atoms with Crippen LogP contribution in [-0.2, 0) is 5.88 Å². The van der Waals surface area contributed by atoms with Crippen LogP contribution >= 0.6 is 27.5 Å². The molecule has 0 unspecified atom stereocenters. The molecule has 0 aromatic carbocycles. The highest BCUT2D eigenvalue weighted by atomic mass is 79.9. The molecule has 0 atom stereocenters. The SMILES string of the molecule is ClCc1cnc(-c2ccc(Br)cn2)nc1C1CC1. The third-order valence-electron chi connectivity index (χ3n) is 2.96. The first kappa shape index (κ1) is 12.1. The summed E-state index contributed by atoms with van der Waals surface area (Å²) >= 11 is 9.29. The minimum atomic E-state index is 0.472. The van der Waals surface area contributed by atoms with Crippen LogP contribution in [-0.4, -0.2) is 15.0 Å². The average molecular weight is 325 g/mol. The molecule has 0 N–H and O–H groups in total. The summed E-state index contributed by atoms with van der Waals surface area (Å²) in [5.41, 5.74) is 2.93. The quantitative estimate of drug-likeness (QED) is 0.803. The van der Waals surface area contributed by atoms with E-state index in [0.29, 0.717) is 17.6 Å². The van der Waals surface area contributed by atoms with Gasteiger partial charge in [-0.2, -0.15) is 0 Å². The van der Waals surface area contributed by atoms with Crippen molar-refractivity contribution in [1.29, 1.82) is 0 Å². The maximum absolute atomic E-state index is 5.92. The van der Waals surface area contributed by atoms with Crippen LogP contribution in [0.4, 0.5) is 0 Å². The lowest BCUT2D eigenvalue weighted by Gasteiger charge is -2.06. The molecule has 18 heavy (non-hydrogen) atoms. The van der Waals surface area contributed by atoms with Gasteiger partial charge in [-0.05, 0) is 40.9 Å². The second-order valence-corrected chi connectivity index (χ2v) is 5.56. The van der Waals surface area contributed by atoms with Gasteiger partial charge in [0.25, 0.3) is 0 Å². The molecule has 2 aromatic heterocycles. The van der Waals surface area contributed by atoms with Crippen molar-refractivity contribution in [2.75, 3.05) is 0 Å². The zero-order chi connectivity index (χ0) is 12.5. The van der Waals surface area contributed by atoms with Gasteiger partial charge in [0, 0.05) is 28.3 Å². The van der Waals surface area contributed by atoms with Gasteiger partial charge in [0.2, 0.25) is 0 Å². The summed E-state index contributed by atoms with van der Waals surface area (Å²) in [5, 5.41) is 0. The molecule has 5 heteroatoms. The molecule has 0 amide bonds. The van der Waals surface area contributed by atoms with Gasteiger partial charge in [0.05, 0.1) is 11.6 Å². The van der Waals surface area contributed by atoms with E-state index in [1.54, 1.807) is 6.20 Å². The van der Waals surface area contributed by atoms with Crippen LogP contribution in [0.15, 0.2) is 29.0 Å². The number of rotatable bonds is 3. The zero-order valence-electron chi connectivity index (χ0n) is 9.61. The summed E-state index contributed by atoms with van der Waals surface area (Å²) < 4.78 is 0.950. The Hall–Kier alpha value is -1.00. The van der Waals surface area contributed by atoms with Gasteiger partial charge in [0.1, 0.15) is 5.69 Å². The van der Waals surface area contributed by atoms with Crippen LogP contribution in [0.5, 0.6) is 0 Å². The highest BCUT2D eigenvalue weighted by molar-refractivity contribution is 9.10. The highest BCUT2D eigenvalue weighted by Crippen LogP contribution is 2.41. The Balaban J connectivity index is 2.02. The minimum Gasteiger partial charge on any atom is -0.252 e. The Labute approximate surface area is 119 Å². The van der Waals surface area contributed by atoms with Gasteiger partial charge in [0.15, 0.2) is 5.82 Å². The summed E-state index contributed by atoms with van der Waals surface area (Å²) in [4.78, 5) is 13.3. The van der Waals surface area contributed by atoms with Crippen LogP contribution in [0.25, 0.3) is 11.5 Å². The van der Waals surface area contributed by atoms with Crippen molar-refractivity contribution in [3.05, 3.63) is 40.3 Å². The van der Waals surface area contributed by atoms with E-state index in [4.69, 9.17) is 11.6 Å². The minimum absolute atomic E-state index is 0.472. The van der Waals surface area contributed by atoms with Crippen molar-refractivity contribution in [3.63, 3.8) is 0 Å². The number of pyridine rings is 1. The molecule has 1 aliphatic carbocycles. The fraction of sp³-hybridized carbons (Fsp3) is 0.308. The summed E-state index contributed by atoms with van der Waals surface area (Å²) in [6.45, 7) is 0. The fourth-order valence-corrected chi connectivity index (χ4v) is 2.31. The molecule has 1 aliphatic rings. The van der Waals surface area contributed by atoms with Crippen molar-refractivity contribution in [1.82, 2.24) is 15.0 Å². The zero-order valence-corrected chi connectivity index (χ0v) is 11.9. The predicted molar refractivity (Wildman–Crippen MR) is 74.5 cm³/mol. The number of alkyl halides is 1. The summed E-state index contributed by atoms with van der Waals surface area (Å²) in [7, 11) is 0. The fourth-order valence-electron chi connectivity index (χ4n) is 1.86. The third kappa shape index (κ3) is 2.40. The van der Waals surface area contributed by atoms with Gasteiger partial charge in [-0.3, -0.25) is 4.98 Å². The molecule has 1 saturated carbocycles. The molecule has 0 aliphatic heterocycles. The second-order valence-electron chi connectivity index (χ2n) is 4.37. The van der Waals surface area contributed by atoms with Crippen molar-refractivity contribution in [2.24, 2.45) is 0 Å². The number of hydrogen-bond acceptors (Lipinski definition) is 3. The van der Waals surface area contributed by atoms with Crippen LogP contribution in [0.3, 0.4) is 0 Å². The number of aromatic nitrogens is 3. The van der Waals surface area contributed by atoms with Gasteiger partial charge < -0.3 is 0 Å². The average Bonchev–Trinajstić information content (AvgIpc) is 3.23. The Morgan fingerprint density at radius 1 is 1.22 bits per heavy atom. The lowest BCUT2D eigenvalue weighted by molar-refractivity contribution is 0.953. The van der Waals surface area contributed by atoms with E-state index in [0.717, 1.165) is 21.4 Å². The van der Waals surface area contributed by atoms with Crippen LogP contribution < -0.4 is 0 Å². The summed E-state index contributed by atoms with van der Waals surface area (Å²) in [5.74, 6) is 1.72. The number of hydrogen-bond donors (Lipinski definition) is 0. The Kier molecular flexibility index (Phi) is 3.31. The van der Waals surface area contributed by atoms with E-state index in [9.17, 15) is 0 Å². The Morgan fingerprint density at radius 3 is 2.67 bits per heavy atom. The normalized spacial score (nSPS) is 14.8. The summed E-state index contributed by atoms with van der Waals surface area (Å²) in [6, 6.07) is 3.86. The number of halogens is 2. The molecule has 2 heterocycles. The van der Waals surface area contributed by atoms with E-state index >= 15 is 0 Å². The van der Waals surface area contributed by atoms with E-state index in [1.807, 2.05) is 18.3 Å². The third-order valence-corrected chi connectivity index (χ3v) is 3.72. The Bertz CT molecular complexity index is 567. The van der Waals surface area contributed by atoms with E-state index in [1.165, 1.54) is 12.8 Å². The van der Waals surface area contributed by atoms with Gasteiger partial charge in [-0.25, -0.2) is 9.97 Å². The van der Waals surface area contributed by atoms with Gasteiger partial charge in [-0.1, -0.05) is 0 Å². The predicted octanol–water partition coefficient (Wildman–Crippen LogP) is 3.92. The van der Waals surface area contributed by atoms with E-state index < -0.39 is 0 Å². The van der Waals surface area contributed by atoms with E-state index in [2.05, 4.69) is 30.9 Å². The molecule has 0 radical (unpaired) electrons. The maximum atomic E-state index is 5.92. The molecule has 0 spiro atoms. The smallest absolute Gasteiger partial charge is 0.178 e. The van der Waals surface area contributed by atoms with Crippen molar-refractivity contribution in [3.8, 4) is 11.5 Å². The van der Waals surface area contributed by atoms with Crippen LogP contribution in [0, 0.1) is 0 Å². The molecule has 0 saturated heterocycles. The Morgan fingerprint density at radius 2 is 2.06 bits per heavy atom. The number of nitrogens with zero attached hydrogens (tertiary/aromatic N) is 3. The first-order chi connectivity index (χ1) is 8.78. The summed E-state index contributed by atoms with van der Waals surface area (Å²) in [6.07, 6.45) is 5.99. The molecule has 2 aromatic rings. The second kappa shape index (κ2) is 4.94.